The molecule has 150 valence electrons. The van der Waals surface area contributed by atoms with Gasteiger partial charge in [0, 0.05) is 11.8 Å². The van der Waals surface area contributed by atoms with Gasteiger partial charge in [0.05, 0.1) is 23.5 Å². The molecule has 0 aliphatic carbocycles. The van der Waals surface area contributed by atoms with Gasteiger partial charge in [0.25, 0.3) is 11.7 Å². The summed E-state index contributed by atoms with van der Waals surface area (Å²) in [5.74, 6) is -1.22. The van der Waals surface area contributed by atoms with Crippen LogP contribution in [-0.4, -0.2) is 21.8 Å². The molecule has 1 aromatic heterocycles. The number of carbonyl (C=O) groups excluding carboxylic acids is 2. The summed E-state index contributed by atoms with van der Waals surface area (Å²) in [7, 11) is 0. The Hall–Kier alpha value is -3.73. The van der Waals surface area contributed by atoms with Crippen molar-refractivity contribution in [3.05, 3.63) is 101 Å². The Bertz CT molecular complexity index is 1100. The van der Waals surface area contributed by atoms with Gasteiger partial charge in [-0.1, -0.05) is 68.4 Å². The van der Waals surface area contributed by atoms with Gasteiger partial charge < -0.3 is 5.11 Å². The number of rotatable bonds is 4. The highest BCUT2D eigenvalue weighted by atomic mass is 16.3. The highest BCUT2D eigenvalue weighted by molar-refractivity contribution is 6.51. The second-order valence-corrected chi connectivity index (χ2v) is 7.57. The van der Waals surface area contributed by atoms with Crippen molar-refractivity contribution in [3.63, 3.8) is 0 Å². The number of amides is 1. The average molecular weight is 398 g/mol. The van der Waals surface area contributed by atoms with Crippen LogP contribution in [0.2, 0.25) is 0 Å². The first-order valence-corrected chi connectivity index (χ1v) is 9.85. The number of benzene rings is 2. The maximum Gasteiger partial charge on any atom is 0.300 e. The lowest BCUT2D eigenvalue weighted by Gasteiger charge is -2.25. The smallest absolute Gasteiger partial charge is 0.300 e. The molecule has 3 aromatic rings. The largest absolute Gasteiger partial charge is 0.507 e. The summed E-state index contributed by atoms with van der Waals surface area (Å²) in [4.78, 5) is 31.6. The molecule has 0 bridgehead atoms. The Kier molecular flexibility index (Phi) is 5.19. The third-order valence-electron chi connectivity index (χ3n) is 5.33. The van der Waals surface area contributed by atoms with Gasteiger partial charge >= 0.3 is 0 Å². The molecule has 1 fully saturated rings. The van der Waals surface area contributed by atoms with Crippen molar-refractivity contribution in [1.29, 1.82) is 0 Å². The van der Waals surface area contributed by atoms with Crippen molar-refractivity contribution in [2.75, 3.05) is 4.90 Å². The molecule has 2 heterocycles. The van der Waals surface area contributed by atoms with Crippen LogP contribution in [0.5, 0.6) is 0 Å². The molecule has 1 aliphatic heterocycles. The number of anilines is 1. The van der Waals surface area contributed by atoms with Crippen molar-refractivity contribution in [2.24, 2.45) is 0 Å². The van der Waals surface area contributed by atoms with Crippen LogP contribution in [0.15, 0.2) is 84.7 Å². The fourth-order valence-corrected chi connectivity index (χ4v) is 3.73. The summed E-state index contributed by atoms with van der Waals surface area (Å²) in [6, 6.07) is 19.3. The topological polar surface area (TPSA) is 70.5 Å². The van der Waals surface area contributed by atoms with Gasteiger partial charge in [-0.05, 0) is 29.2 Å². The first-order chi connectivity index (χ1) is 14.5. The maximum absolute atomic E-state index is 13.0. The number of hydrogen-bond acceptors (Lipinski definition) is 4. The van der Waals surface area contributed by atoms with Crippen LogP contribution in [0.1, 0.15) is 42.5 Å². The minimum atomic E-state index is -0.740. The fourth-order valence-electron chi connectivity index (χ4n) is 3.73. The van der Waals surface area contributed by atoms with E-state index in [1.807, 2.05) is 30.3 Å². The Labute approximate surface area is 175 Å². The molecule has 1 amide bonds. The van der Waals surface area contributed by atoms with Crippen LogP contribution in [0.25, 0.3) is 5.76 Å². The molecule has 1 aliphatic rings. The maximum atomic E-state index is 13.0. The van der Waals surface area contributed by atoms with Gasteiger partial charge in [0.1, 0.15) is 5.76 Å². The average Bonchev–Trinajstić information content (AvgIpc) is 3.05. The lowest BCUT2D eigenvalue weighted by atomic mass is 9.93. The zero-order chi connectivity index (χ0) is 21.3. The van der Waals surface area contributed by atoms with Gasteiger partial charge in [-0.3, -0.25) is 19.5 Å². The van der Waals surface area contributed by atoms with Crippen LogP contribution < -0.4 is 4.90 Å². The van der Waals surface area contributed by atoms with Crippen molar-refractivity contribution in [3.8, 4) is 0 Å². The molecular formula is C25H22N2O3. The van der Waals surface area contributed by atoms with E-state index in [9.17, 15) is 14.7 Å². The minimum Gasteiger partial charge on any atom is -0.507 e. The van der Waals surface area contributed by atoms with Crippen molar-refractivity contribution >= 4 is 23.1 Å². The molecule has 1 atom stereocenters. The predicted molar refractivity (Wildman–Crippen MR) is 116 cm³/mol. The minimum absolute atomic E-state index is 0.0763. The van der Waals surface area contributed by atoms with Crippen molar-refractivity contribution < 1.29 is 14.7 Å². The normalized spacial score (nSPS) is 18.2. The predicted octanol–water partition coefficient (Wildman–Crippen LogP) is 4.83. The SMILES string of the molecule is CC(C)c1ccc(C2/C(=C(\O)c3ccccc3)C(=O)C(=O)N2c2cccnc2)cc1. The number of hydrogen-bond donors (Lipinski definition) is 1. The quantitative estimate of drug-likeness (QED) is 0.388. The third kappa shape index (κ3) is 3.39. The Morgan fingerprint density at radius 3 is 2.27 bits per heavy atom. The van der Waals surface area contributed by atoms with E-state index in [4.69, 9.17) is 0 Å². The number of aliphatic hydroxyl groups is 1. The number of carbonyl (C=O) groups is 2. The van der Waals surface area contributed by atoms with E-state index >= 15 is 0 Å². The Balaban J connectivity index is 1.92. The van der Waals surface area contributed by atoms with E-state index in [0.717, 1.165) is 11.1 Å². The molecular weight excluding hydrogens is 376 g/mol. The van der Waals surface area contributed by atoms with Crippen molar-refractivity contribution in [1.82, 2.24) is 4.98 Å². The van der Waals surface area contributed by atoms with E-state index in [-0.39, 0.29) is 11.3 Å². The van der Waals surface area contributed by atoms with Crippen molar-refractivity contribution in [2.45, 2.75) is 25.8 Å². The highest BCUT2D eigenvalue weighted by Crippen LogP contribution is 2.42. The lowest BCUT2D eigenvalue weighted by Crippen LogP contribution is -2.29. The summed E-state index contributed by atoms with van der Waals surface area (Å²) >= 11 is 0. The monoisotopic (exact) mass is 398 g/mol. The number of aromatic nitrogens is 1. The first kappa shape index (κ1) is 19.6. The molecule has 5 nitrogen and oxygen atoms in total. The zero-order valence-corrected chi connectivity index (χ0v) is 16.8. The van der Waals surface area contributed by atoms with Gasteiger partial charge in [-0.2, -0.15) is 0 Å². The second-order valence-electron chi connectivity index (χ2n) is 7.57. The zero-order valence-electron chi connectivity index (χ0n) is 16.8. The van der Waals surface area contributed by atoms with Gasteiger partial charge in [0.2, 0.25) is 0 Å². The molecule has 0 saturated carbocycles. The molecule has 30 heavy (non-hydrogen) atoms. The summed E-state index contributed by atoms with van der Waals surface area (Å²) < 4.78 is 0. The number of nitrogens with zero attached hydrogens (tertiary/aromatic N) is 2. The van der Waals surface area contributed by atoms with Gasteiger partial charge in [0.15, 0.2) is 0 Å². The molecule has 0 spiro atoms. The second kappa shape index (κ2) is 7.95. The molecule has 1 saturated heterocycles. The summed E-state index contributed by atoms with van der Waals surface area (Å²) in [5, 5.41) is 11.0. The van der Waals surface area contributed by atoms with Crippen LogP contribution >= 0.6 is 0 Å². The molecule has 5 heteroatoms. The van der Waals surface area contributed by atoms with E-state index in [1.165, 1.54) is 4.90 Å². The lowest BCUT2D eigenvalue weighted by molar-refractivity contribution is -0.132. The number of ketones is 1. The third-order valence-corrected chi connectivity index (χ3v) is 5.33. The number of pyridine rings is 1. The van der Waals surface area contributed by atoms with E-state index in [2.05, 4.69) is 18.8 Å². The Morgan fingerprint density at radius 1 is 0.967 bits per heavy atom. The van der Waals surface area contributed by atoms with Gasteiger partial charge in [-0.15, -0.1) is 0 Å². The number of Topliss-reactive ketones (excluding diaryl/α,β-unsaturated/α-hetero) is 1. The van der Waals surface area contributed by atoms with E-state index in [1.54, 1.807) is 48.8 Å². The number of aliphatic hydroxyl groups excluding tert-OH is 1. The van der Waals surface area contributed by atoms with Crippen LogP contribution in [0.4, 0.5) is 5.69 Å². The fraction of sp³-hybridized carbons (Fsp3) is 0.160. The summed E-state index contributed by atoms with van der Waals surface area (Å²) in [6.45, 7) is 4.21. The molecule has 1 unspecified atom stereocenters. The van der Waals surface area contributed by atoms with Gasteiger partial charge in [-0.25, -0.2) is 0 Å². The summed E-state index contributed by atoms with van der Waals surface area (Å²) in [6.07, 6.45) is 3.15. The standard InChI is InChI=1S/C25H22N2O3/c1-16(2)17-10-12-18(13-11-17)22-21(23(28)19-7-4-3-5-8-19)24(29)25(30)27(22)20-9-6-14-26-15-20/h3-16,22,28H,1-2H3/b23-21+. The van der Waals surface area contributed by atoms with Crippen LogP contribution in [0, 0.1) is 0 Å². The molecule has 1 N–H and O–H groups in total. The molecule has 4 rings (SSSR count). The van der Waals surface area contributed by atoms with E-state index < -0.39 is 17.7 Å². The Morgan fingerprint density at radius 2 is 1.67 bits per heavy atom. The summed E-state index contributed by atoms with van der Waals surface area (Å²) in [5.41, 5.74) is 2.97. The molecule has 0 radical (unpaired) electrons. The van der Waals surface area contributed by atoms with Crippen LogP contribution in [-0.2, 0) is 9.59 Å². The first-order valence-electron chi connectivity index (χ1n) is 9.85. The van der Waals surface area contributed by atoms with Crippen LogP contribution in [0.3, 0.4) is 0 Å². The van der Waals surface area contributed by atoms with E-state index in [0.29, 0.717) is 17.2 Å². The highest BCUT2D eigenvalue weighted by Gasteiger charge is 2.47. The molecule has 2 aromatic carbocycles.